The van der Waals surface area contributed by atoms with Gasteiger partial charge in [-0.05, 0) is 61.5 Å². The highest BCUT2D eigenvalue weighted by Crippen LogP contribution is 2.43. The number of hydrogen-bond acceptors (Lipinski definition) is 4. The van der Waals surface area contributed by atoms with Gasteiger partial charge in [-0.3, -0.25) is 9.59 Å². The Balaban J connectivity index is 1.19. The van der Waals surface area contributed by atoms with E-state index in [1.54, 1.807) is 0 Å². The molecule has 188 valence electrons. The molecule has 0 N–H and O–H groups in total. The van der Waals surface area contributed by atoms with Crippen molar-refractivity contribution < 1.29 is 9.59 Å². The van der Waals surface area contributed by atoms with Gasteiger partial charge in [-0.1, -0.05) is 49.4 Å². The summed E-state index contributed by atoms with van der Waals surface area (Å²) in [5.41, 5.74) is 2.83. The van der Waals surface area contributed by atoms with E-state index in [0.29, 0.717) is 36.3 Å². The number of rotatable bonds is 6. The lowest BCUT2D eigenvalue weighted by Gasteiger charge is -2.39. The molecule has 0 aromatic heterocycles. The van der Waals surface area contributed by atoms with Gasteiger partial charge in [-0.2, -0.15) is 5.26 Å². The molecule has 1 unspecified atom stereocenters. The first-order chi connectivity index (χ1) is 17.5. The van der Waals surface area contributed by atoms with Crippen molar-refractivity contribution in [2.75, 3.05) is 39.3 Å². The van der Waals surface area contributed by atoms with Crippen LogP contribution in [0.2, 0.25) is 0 Å². The molecule has 0 radical (unpaired) electrons. The van der Waals surface area contributed by atoms with Crippen LogP contribution in [0.5, 0.6) is 0 Å². The van der Waals surface area contributed by atoms with Gasteiger partial charge in [0, 0.05) is 45.1 Å². The van der Waals surface area contributed by atoms with Crippen molar-refractivity contribution in [3.8, 4) is 6.07 Å². The van der Waals surface area contributed by atoms with Crippen LogP contribution in [-0.4, -0.2) is 65.8 Å². The van der Waals surface area contributed by atoms with Gasteiger partial charge >= 0.3 is 0 Å². The molecule has 2 aromatic carbocycles. The van der Waals surface area contributed by atoms with Crippen molar-refractivity contribution in [1.29, 1.82) is 5.26 Å². The lowest BCUT2D eigenvalue weighted by molar-refractivity contribution is -0.139. The van der Waals surface area contributed by atoms with Crippen LogP contribution in [0.15, 0.2) is 54.6 Å². The second-order valence-corrected chi connectivity index (χ2v) is 10.8. The van der Waals surface area contributed by atoms with Crippen LogP contribution in [0.25, 0.3) is 0 Å². The predicted octanol–water partition coefficient (Wildman–Crippen LogP) is 4.02. The van der Waals surface area contributed by atoms with Crippen LogP contribution in [0.4, 0.5) is 0 Å². The van der Waals surface area contributed by atoms with E-state index in [0.717, 1.165) is 64.1 Å². The lowest BCUT2D eigenvalue weighted by Crippen LogP contribution is -2.46. The van der Waals surface area contributed by atoms with Crippen LogP contribution in [0.3, 0.4) is 0 Å². The Labute approximate surface area is 214 Å². The van der Waals surface area contributed by atoms with Crippen molar-refractivity contribution >= 4 is 11.8 Å². The molecule has 3 aliphatic rings. The van der Waals surface area contributed by atoms with E-state index in [2.05, 4.69) is 46.2 Å². The molecule has 1 spiro atoms. The van der Waals surface area contributed by atoms with Gasteiger partial charge in [-0.15, -0.1) is 0 Å². The van der Waals surface area contributed by atoms with E-state index >= 15 is 0 Å². The van der Waals surface area contributed by atoms with E-state index in [4.69, 9.17) is 5.26 Å². The van der Waals surface area contributed by atoms with Crippen molar-refractivity contribution in [3.05, 3.63) is 71.3 Å². The summed E-state index contributed by atoms with van der Waals surface area (Å²) in [4.78, 5) is 32.5. The Kier molecular flexibility index (Phi) is 7.11. The van der Waals surface area contributed by atoms with Crippen molar-refractivity contribution in [2.45, 2.75) is 45.1 Å². The summed E-state index contributed by atoms with van der Waals surface area (Å²) in [6, 6.07) is 20.3. The number of carbonyl (C=O) groups excluding carboxylic acids is 2. The molecule has 3 fully saturated rings. The lowest BCUT2D eigenvalue weighted by atomic mass is 9.76. The molecule has 3 heterocycles. The van der Waals surface area contributed by atoms with Crippen molar-refractivity contribution in [1.82, 2.24) is 14.7 Å². The second kappa shape index (κ2) is 10.4. The number of benzene rings is 2. The second-order valence-electron chi connectivity index (χ2n) is 10.8. The molecule has 3 saturated heterocycles. The largest absolute Gasteiger partial charge is 0.342 e. The zero-order chi connectivity index (χ0) is 25.1. The molecule has 2 aromatic rings. The quantitative estimate of drug-likeness (QED) is 0.621. The minimum Gasteiger partial charge on any atom is -0.342 e. The highest BCUT2D eigenvalue weighted by molar-refractivity contribution is 5.85. The fraction of sp³-hybridized carbons (Fsp3) is 0.500. The van der Waals surface area contributed by atoms with Crippen LogP contribution in [0.1, 0.15) is 55.2 Å². The number of amides is 2. The summed E-state index contributed by atoms with van der Waals surface area (Å²) in [5, 5.41) is 9.02. The topological polar surface area (TPSA) is 67.7 Å². The molecular formula is C30H36N4O2. The van der Waals surface area contributed by atoms with Crippen LogP contribution < -0.4 is 0 Å². The third kappa shape index (κ3) is 4.90. The smallest absolute Gasteiger partial charge is 0.229 e. The molecule has 0 bridgehead atoms. The number of nitrogens with zero attached hydrogens (tertiary/aromatic N) is 4. The zero-order valence-electron chi connectivity index (χ0n) is 21.2. The first-order valence-electron chi connectivity index (χ1n) is 13.3. The zero-order valence-corrected chi connectivity index (χ0v) is 21.2. The molecule has 0 saturated carbocycles. The maximum Gasteiger partial charge on any atom is 0.229 e. The van der Waals surface area contributed by atoms with Crippen LogP contribution >= 0.6 is 0 Å². The summed E-state index contributed by atoms with van der Waals surface area (Å²) in [5.74, 6) is 1.34. The standard InChI is InChI=1S/C30H36N4O2/c1-2-28(35)34-21-26(27(22-34)25-6-4-3-5-7-25)20-32-15-12-30(13-16-32)14-17-33(29(30)36)19-24-10-8-23(18-31)9-11-24/h3-11,26-27H,2,12-17,19-22H2,1H3/t26?,27-/m1/s1. The highest BCUT2D eigenvalue weighted by atomic mass is 16.2. The maximum absolute atomic E-state index is 13.5. The van der Waals surface area contributed by atoms with Gasteiger partial charge in [0.15, 0.2) is 0 Å². The number of nitriles is 1. The number of hydrogen-bond donors (Lipinski definition) is 0. The van der Waals surface area contributed by atoms with Crippen molar-refractivity contribution in [3.63, 3.8) is 0 Å². The number of likely N-dealkylation sites (tertiary alicyclic amines) is 3. The molecular weight excluding hydrogens is 448 g/mol. The first kappa shape index (κ1) is 24.5. The summed E-state index contributed by atoms with van der Waals surface area (Å²) in [6.07, 6.45) is 3.32. The van der Waals surface area contributed by atoms with E-state index in [9.17, 15) is 9.59 Å². The Morgan fingerprint density at radius 2 is 1.69 bits per heavy atom. The fourth-order valence-electron chi connectivity index (χ4n) is 6.47. The van der Waals surface area contributed by atoms with E-state index < -0.39 is 0 Å². The maximum atomic E-state index is 13.5. The minimum absolute atomic E-state index is 0.220. The molecule has 0 aliphatic carbocycles. The summed E-state index contributed by atoms with van der Waals surface area (Å²) in [6.45, 7) is 7.87. The summed E-state index contributed by atoms with van der Waals surface area (Å²) in [7, 11) is 0. The Morgan fingerprint density at radius 1 is 1.00 bits per heavy atom. The van der Waals surface area contributed by atoms with Gasteiger partial charge in [-0.25, -0.2) is 0 Å². The summed E-state index contributed by atoms with van der Waals surface area (Å²) < 4.78 is 0. The molecule has 36 heavy (non-hydrogen) atoms. The van der Waals surface area contributed by atoms with Crippen molar-refractivity contribution in [2.24, 2.45) is 11.3 Å². The minimum atomic E-state index is -0.220. The summed E-state index contributed by atoms with van der Waals surface area (Å²) >= 11 is 0. The third-order valence-electron chi connectivity index (χ3n) is 8.69. The van der Waals surface area contributed by atoms with Gasteiger partial charge in [0.25, 0.3) is 0 Å². The van der Waals surface area contributed by atoms with Gasteiger partial charge in [0.05, 0.1) is 17.0 Å². The number of piperidine rings is 1. The monoisotopic (exact) mass is 484 g/mol. The van der Waals surface area contributed by atoms with E-state index in [1.165, 1.54) is 5.56 Å². The first-order valence-corrected chi connectivity index (χ1v) is 13.3. The van der Waals surface area contributed by atoms with Gasteiger partial charge in [0.1, 0.15) is 0 Å². The number of carbonyl (C=O) groups is 2. The van der Waals surface area contributed by atoms with Crippen LogP contribution in [0, 0.1) is 22.7 Å². The molecule has 5 rings (SSSR count). The predicted molar refractivity (Wildman–Crippen MR) is 139 cm³/mol. The highest BCUT2D eigenvalue weighted by Gasteiger charge is 2.48. The molecule has 2 amide bonds. The normalized spacial score (nSPS) is 23.8. The van der Waals surface area contributed by atoms with E-state index in [-0.39, 0.29) is 11.3 Å². The average Bonchev–Trinajstić information content (AvgIpc) is 3.47. The SMILES string of the molecule is CCC(=O)N1CC(CN2CCC3(CC2)CCN(Cc2ccc(C#N)cc2)C3=O)[C@@H](c2ccccc2)C1. The molecule has 3 aliphatic heterocycles. The van der Waals surface area contributed by atoms with Gasteiger partial charge in [0.2, 0.25) is 11.8 Å². The van der Waals surface area contributed by atoms with Gasteiger partial charge < -0.3 is 14.7 Å². The average molecular weight is 485 g/mol. The Bertz CT molecular complexity index is 1120. The fourth-order valence-corrected chi connectivity index (χ4v) is 6.47. The molecule has 6 heteroatoms. The van der Waals surface area contributed by atoms with E-state index in [1.807, 2.05) is 36.1 Å². The molecule has 2 atom stereocenters. The molecule has 6 nitrogen and oxygen atoms in total. The Hall–Kier alpha value is -3.17. The Morgan fingerprint density at radius 3 is 2.36 bits per heavy atom. The third-order valence-corrected chi connectivity index (χ3v) is 8.69. The van der Waals surface area contributed by atoms with Crippen LogP contribution in [-0.2, 0) is 16.1 Å².